The van der Waals surface area contributed by atoms with Crippen molar-refractivity contribution >= 4 is 11.9 Å². The molecule has 5 rings (SSSR count). The van der Waals surface area contributed by atoms with E-state index < -0.39 is 0 Å². The second-order valence-electron chi connectivity index (χ2n) is 8.37. The van der Waals surface area contributed by atoms with Gasteiger partial charge in [0.25, 0.3) is 0 Å². The van der Waals surface area contributed by atoms with Crippen LogP contribution in [0, 0.1) is 0 Å². The molecule has 0 spiro atoms. The van der Waals surface area contributed by atoms with Gasteiger partial charge < -0.3 is 24.6 Å². The number of piperidine rings is 1. The van der Waals surface area contributed by atoms with Crippen LogP contribution in [0.25, 0.3) is 0 Å². The van der Waals surface area contributed by atoms with Crippen LogP contribution in [0.15, 0.2) is 24.3 Å². The SMILES string of the molecule is O=C1CO[C@H]2CCN(C(=O)N3CC(c4ccc([C@@H]5CCOC5)cc4)C3)C[C@H]2N1. The van der Waals surface area contributed by atoms with Gasteiger partial charge in [-0.3, -0.25) is 4.79 Å². The molecule has 0 aromatic heterocycles. The van der Waals surface area contributed by atoms with Crippen LogP contribution in [0.1, 0.15) is 35.8 Å². The standard InChI is InChI=1S/C21H27N3O4/c25-20-13-28-19-5-7-23(11-18(19)22-20)21(26)24-9-17(10-24)15-3-1-14(2-4-15)16-6-8-27-12-16/h1-4,16-19H,5-13H2,(H,22,25)/t16-,18-,19+/m1/s1. The van der Waals surface area contributed by atoms with Crippen LogP contribution < -0.4 is 5.32 Å². The van der Waals surface area contributed by atoms with Gasteiger partial charge in [0.05, 0.1) is 18.8 Å². The molecular formula is C21H27N3O4. The summed E-state index contributed by atoms with van der Waals surface area (Å²) in [6.07, 6.45) is 1.92. The van der Waals surface area contributed by atoms with E-state index in [1.165, 1.54) is 11.1 Å². The number of carbonyl (C=O) groups excluding carboxylic acids is 2. The van der Waals surface area contributed by atoms with Gasteiger partial charge in [-0.25, -0.2) is 4.79 Å². The lowest BCUT2D eigenvalue weighted by molar-refractivity contribution is -0.139. The number of morpholine rings is 1. The maximum absolute atomic E-state index is 12.8. The van der Waals surface area contributed by atoms with E-state index in [2.05, 4.69) is 29.6 Å². The Bertz CT molecular complexity index is 741. The fraction of sp³-hybridized carbons (Fsp3) is 0.619. The average molecular weight is 385 g/mol. The van der Waals surface area contributed by atoms with Crippen LogP contribution in [0.5, 0.6) is 0 Å². The monoisotopic (exact) mass is 385 g/mol. The van der Waals surface area contributed by atoms with E-state index in [0.29, 0.717) is 24.9 Å². The number of rotatable bonds is 2. The van der Waals surface area contributed by atoms with Crippen molar-refractivity contribution in [3.63, 3.8) is 0 Å². The molecule has 1 N–H and O–H groups in total. The third kappa shape index (κ3) is 3.37. The molecule has 4 saturated heterocycles. The quantitative estimate of drug-likeness (QED) is 0.833. The molecule has 1 aromatic rings. The van der Waals surface area contributed by atoms with Gasteiger partial charge in [-0.15, -0.1) is 0 Å². The summed E-state index contributed by atoms with van der Waals surface area (Å²) in [5.41, 5.74) is 2.66. The second-order valence-corrected chi connectivity index (χ2v) is 8.37. The smallest absolute Gasteiger partial charge is 0.320 e. The molecule has 0 radical (unpaired) electrons. The van der Waals surface area contributed by atoms with Gasteiger partial charge in [-0.05, 0) is 24.0 Å². The zero-order chi connectivity index (χ0) is 19.1. The van der Waals surface area contributed by atoms with E-state index in [0.717, 1.165) is 39.1 Å². The largest absolute Gasteiger partial charge is 0.381 e. The van der Waals surface area contributed by atoms with Gasteiger partial charge in [0.15, 0.2) is 0 Å². The molecule has 4 aliphatic heterocycles. The number of likely N-dealkylation sites (tertiary alicyclic amines) is 2. The Kier molecular flexibility index (Phi) is 4.72. The molecule has 0 saturated carbocycles. The molecule has 150 valence electrons. The molecule has 7 heteroatoms. The topological polar surface area (TPSA) is 71.1 Å². The van der Waals surface area contributed by atoms with Crippen molar-refractivity contribution in [3.8, 4) is 0 Å². The molecule has 0 aliphatic carbocycles. The van der Waals surface area contributed by atoms with Crippen molar-refractivity contribution in [2.45, 2.75) is 36.8 Å². The van der Waals surface area contributed by atoms with Gasteiger partial charge in [0.1, 0.15) is 6.61 Å². The summed E-state index contributed by atoms with van der Waals surface area (Å²) >= 11 is 0. The van der Waals surface area contributed by atoms with E-state index in [9.17, 15) is 9.59 Å². The third-order valence-electron chi connectivity index (χ3n) is 6.56. The van der Waals surface area contributed by atoms with Crippen molar-refractivity contribution in [1.29, 1.82) is 0 Å². The number of nitrogens with one attached hydrogen (secondary N) is 1. The summed E-state index contributed by atoms with van der Waals surface area (Å²) in [6.45, 7) is 4.57. The van der Waals surface area contributed by atoms with Crippen LogP contribution in [-0.2, 0) is 14.3 Å². The number of hydrogen-bond donors (Lipinski definition) is 1. The number of fused-ring (bicyclic) bond motifs is 1. The van der Waals surface area contributed by atoms with Gasteiger partial charge in [0, 0.05) is 44.6 Å². The highest BCUT2D eigenvalue weighted by Gasteiger charge is 2.40. The molecule has 4 aliphatic rings. The molecule has 4 heterocycles. The van der Waals surface area contributed by atoms with Crippen LogP contribution in [-0.4, -0.2) is 79.9 Å². The van der Waals surface area contributed by atoms with Crippen LogP contribution in [0.3, 0.4) is 0 Å². The number of ether oxygens (including phenoxy) is 2. The zero-order valence-electron chi connectivity index (χ0n) is 16.0. The molecule has 7 nitrogen and oxygen atoms in total. The molecular weight excluding hydrogens is 358 g/mol. The Hall–Kier alpha value is -2.12. The van der Waals surface area contributed by atoms with Crippen molar-refractivity contribution in [2.75, 3.05) is 46.0 Å². The minimum absolute atomic E-state index is 0.0367. The average Bonchev–Trinajstić information content (AvgIpc) is 3.21. The van der Waals surface area contributed by atoms with Gasteiger partial charge >= 0.3 is 6.03 Å². The van der Waals surface area contributed by atoms with E-state index in [-0.39, 0.29) is 30.7 Å². The number of nitrogens with zero attached hydrogens (tertiary/aromatic N) is 2. The van der Waals surface area contributed by atoms with Crippen LogP contribution >= 0.6 is 0 Å². The number of benzene rings is 1. The molecule has 4 fully saturated rings. The maximum atomic E-state index is 12.8. The Balaban J connectivity index is 1.14. The summed E-state index contributed by atoms with van der Waals surface area (Å²) < 4.78 is 11.1. The van der Waals surface area contributed by atoms with Crippen molar-refractivity contribution in [1.82, 2.24) is 15.1 Å². The van der Waals surface area contributed by atoms with E-state index >= 15 is 0 Å². The molecule has 28 heavy (non-hydrogen) atoms. The first kappa shape index (κ1) is 17.9. The predicted molar refractivity (Wildman–Crippen MR) is 102 cm³/mol. The second kappa shape index (κ2) is 7.37. The van der Waals surface area contributed by atoms with Gasteiger partial charge in [-0.1, -0.05) is 24.3 Å². The lowest BCUT2D eigenvalue weighted by Gasteiger charge is -2.46. The third-order valence-corrected chi connectivity index (χ3v) is 6.56. The van der Waals surface area contributed by atoms with Crippen molar-refractivity contribution in [2.24, 2.45) is 0 Å². The van der Waals surface area contributed by atoms with Crippen LogP contribution in [0.4, 0.5) is 4.79 Å². The first-order valence-electron chi connectivity index (χ1n) is 10.3. The summed E-state index contributed by atoms with van der Waals surface area (Å²) in [5, 5.41) is 2.96. The summed E-state index contributed by atoms with van der Waals surface area (Å²) in [7, 11) is 0. The van der Waals surface area contributed by atoms with E-state index in [4.69, 9.17) is 9.47 Å². The molecule has 3 atom stereocenters. The summed E-state index contributed by atoms with van der Waals surface area (Å²) in [4.78, 5) is 28.1. The summed E-state index contributed by atoms with van der Waals surface area (Å²) in [6, 6.07) is 8.85. The molecule has 1 aromatic carbocycles. The minimum atomic E-state index is -0.0906. The first-order chi connectivity index (χ1) is 13.7. The number of amides is 3. The number of urea groups is 1. The van der Waals surface area contributed by atoms with Crippen LogP contribution in [0.2, 0.25) is 0 Å². The Labute approximate surface area is 165 Å². The van der Waals surface area contributed by atoms with E-state index in [1.807, 2.05) is 9.80 Å². The molecule has 0 bridgehead atoms. The van der Waals surface area contributed by atoms with Crippen molar-refractivity contribution in [3.05, 3.63) is 35.4 Å². The Morgan fingerprint density at radius 1 is 1.00 bits per heavy atom. The zero-order valence-corrected chi connectivity index (χ0v) is 16.0. The fourth-order valence-corrected chi connectivity index (χ4v) is 4.76. The fourth-order valence-electron chi connectivity index (χ4n) is 4.76. The lowest BCUT2D eigenvalue weighted by atomic mass is 9.89. The number of hydrogen-bond acceptors (Lipinski definition) is 4. The highest BCUT2D eigenvalue weighted by atomic mass is 16.5. The highest BCUT2D eigenvalue weighted by Crippen LogP contribution is 2.31. The Morgan fingerprint density at radius 3 is 2.46 bits per heavy atom. The van der Waals surface area contributed by atoms with Crippen molar-refractivity contribution < 1.29 is 19.1 Å². The minimum Gasteiger partial charge on any atom is -0.381 e. The lowest BCUT2D eigenvalue weighted by Crippen LogP contribution is -2.63. The highest BCUT2D eigenvalue weighted by molar-refractivity contribution is 5.79. The molecule has 0 unspecified atom stereocenters. The molecule has 3 amide bonds. The first-order valence-corrected chi connectivity index (χ1v) is 10.3. The maximum Gasteiger partial charge on any atom is 0.320 e. The van der Waals surface area contributed by atoms with Gasteiger partial charge in [-0.2, -0.15) is 0 Å². The Morgan fingerprint density at radius 2 is 1.75 bits per heavy atom. The predicted octanol–water partition coefficient (Wildman–Crippen LogP) is 1.30. The van der Waals surface area contributed by atoms with E-state index in [1.54, 1.807) is 0 Å². The van der Waals surface area contributed by atoms with Gasteiger partial charge in [0.2, 0.25) is 5.91 Å². The summed E-state index contributed by atoms with van der Waals surface area (Å²) in [5.74, 6) is 0.848. The normalized spacial score (nSPS) is 30.6. The number of carbonyl (C=O) groups is 2.